The van der Waals surface area contributed by atoms with E-state index in [0.717, 1.165) is 0 Å². The molecular formula is C11H11BrClN3O3. The van der Waals surface area contributed by atoms with Gasteiger partial charge < -0.3 is 10.6 Å². The number of halogens is 2. The predicted octanol–water partition coefficient (Wildman–Crippen LogP) is 2.58. The number of nitro groups is 1. The van der Waals surface area contributed by atoms with Gasteiger partial charge in [0.2, 0.25) is 5.91 Å². The molecule has 1 aromatic carbocycles. The fourth-order valence-electron chi connectivity index (χ4n) is 2.06. The second kappa shape index (κ2) is 5.34. The van der Waals surface area contributed by atoms with Crippen LogP contribution in [0.15, 0.2) is 12.1 Å². The topological polar surface area (TPSA) is 89.5 Å². The molecule has 1 atom stereocenters. The fourth-order valence-corrected chi connectivity index (χ4v) is 2.73. The number of hydrogen-bond donors (Lipinski definition) is 1. The van der Waals surface area contributed by atoms with Crippen molar-refractivity contribution in [2.75, 3.05) is 22.5 Å². The number of alkyl halides is 1. The average molecular weight is 349 g/mol. The third-order valence-corrected chi connectivity index (χ3v) is 4.23. The van der Waals surface area contributed by atoms with E-state index < -0.39 is 4.92 Å². The molecule has 1 aliphatic rings. The van der Waals surface area contributed by atoms with Crippen LogP contribution >= 0.6 is 27.5 Å². The van der Waals surface area contributed by atoms with Crippen molar-refractivity contribution >= 4 is 50.5 Å². The first-order valence-corrected chi connectivity index (χ1v) is 7.03. The van der Waals surface area contributed by atoms with E-state index in [0.29, 0.717) is 24.0 Å². The maximum absolute atomic E-state index is 11.9. The summed E-state index contributed by atoms with van der Waals surface area (Å²) in [5.74, 6) is 0.0920. The zero-order valence-corrected chi connectivity index (χ0v) is 12.1. The van der Waals surface area contributed by atoms with Crippen LogP contribution in [-0.4, -0.2) is 22.7 Å². The molecule has 1 aliphatic heterocycles. The van der Waals surface area contributed by atoms with Crippen molar-refractivity contribution in [3.63, 3.8) is 0 Å². The molecular weight excluding hydrogens is 337 g/mol. The maximum atomic E-state index is 11.9. The lowest BCUT2D eigenvalue weighted by Crippen LogP contribution is -2.25. The highest BCUT2D eigenvalue weighted by Crippen LogP contribution is 2.37. The van der Waals surface area contributed by atoms with Gasteiger partial charge in [-0.15, -0.1) is 0 Å². The van der Waals surface area contributed by atoms with Crippen molar-refractivity contribution in [2.45, 2.75) is 6.42 Å². The van der Waals surface area contributed by atoms with Crippen molar-refractivity contribution in [1.82, 2.24) is 0 Å². The van der Waals surface area contributed by atoms with E-state index in [1.165, 1.54) is 17.0 Å². The highest BCUT2D eigenvalue weighted by Gasteiger charge is 2.32. The van der Waals surface area contributed by atoms with Gasteiger partial charge >= 0.3 is 0 Å². The summed E-state index contributed by atoms with van der Waals surface area (Å²) in [5.41, 5.74) is 6.17. The summed E-state index contributed by atoms with van der Waals surface area (Å²) in [4.78, 5) is 23.7. The Balaban J connectivity index is 2.42. The number of nitrogens with zero attached hydrogens (tertiary/aromatic N) is 2. The Labute approximate surface area is 122 Å². The Hall–Kier alpha value is -1.34. The standard InChI is InChI=1S/C11H11BrClN3O3/c12-4-6-1-11(17)15(5-6)10-3-9(16(18)19)7(13)2-8(10)14/h2-3,6H,1,4-5,14H2. The van der Waals surface area contributed by atoms with Crippen LogP contribution < -0.4 is 10.6 Å². The lowest BCUT2D eigenvalue weighted by Gasteiger charge is -2.18. The van der Waals surface area contributed by atoms with Crippen molar-refractivity contribution in [1.29, 1.82) is 0 Å². The SMILES string of the molecule is Nc1cc(Cl)c([N+](=O)[O-])cc1N1CC(CBr)CC1=O. The van der Waals surface area contributed by atoms with Gasteiger partial charge in [-0.25, -0.2) is 0 Å². The molecule has 8 heteroatoms. The minimum atomic E-state index is -0.589. The normalized spacial score (nSPS) is 18.9. The molecule has 1 amide bonds. The van der Waals surface area contributed by atoms with Gasteiger partial charge in [0, 0.05) is 24.4 Å². The predicted molar refractivity (Wildman–Crippen MR) is 76.8 cm³/mol. The quantitative estimate of drug-likeness (QED) is 0.393. The van der Waals surface area contributed by atoms with Crippen LogP contribution in [0.4, 0.5) is 17.1 Å². The number of benzene rings is 1. The molecule has 1 fully saturated rings. The lowest BCUT2D eigenvalue weighted by molar-refractivity contribution is -0.384. The molecule has 0 radical (unpaired) electrons. The zero-order chi connectivity index (χ0) is 14.2. The first-order chi connectivity index (χ1) is 8.93. The summed E-state index contributed by atoms with van der Waals surface area (Å²) in [6.45, 7) is 0.493. The number of anilines is 2. The first kappa shape index (κ1) is 14.1. The minimum absolute atomic E-state index is 0.0325. The second-order valence-corrected chi connectivity index (χ2v) is 5.40. The molecule has 0 aliphatic carbocycles. The molecule has 19 heavy (non-hydrogen) atoms. The van der Waals surface area contributed by atoms with E-state index in [1.54, 1.807) is 0 Å². The number of nitrogen functional groups attached to an aromatic ring is 1. The number of hydrogen-bond acceptors (Lipinski definition) is 4. The van der Waals surface area contributed by atoms with Crippen LogP contribution in [0.2, 0.25) is 5.02 Å². The summed E-state index contributed by atoms with van der Waals surface area (Å²) < 4.78 is 0. The van der Waals surface area contributed by atoms with E-state index in [-0.39, 0.29) is 28.2 Å². The maximum Gasteiger partial charge on any atom is 0.290 e. The molecule has 0 bridgehead atoms. The summed E-state index contributed by atoms with van der Waals surface area (Å²) in [6, 6.07) is 2.57. The Morgan fingerprint density at radius 1 is 1.58 bits per heavy atom. The molecule has 1 saturated heterocycles. The Bertz CT molecular complexity index is 552. The van der Waals surface area contributed by atoms with Crippen LogP contribution in [0, 0.1) is 16.0 Å². The molecule has 6 nitrogen and oxygen atoms in total. The van der Waals surface area contributed by atoms with E-state index in [1.807, 2.05) is 0 Å². The smallest absolute Gasteiger partial charge is 0.290 e. The Morgan fingerprint density at radius 3 is 2.79 bits per heavy atom. The number of nitrogens with two attached hydrogens (primary N) is 1. The summed E-state index contributed by atoms with van der Waals surface area (Å²) in [5, 5.41) is 11.5. The number of rotatable bonds is 3. The van der Waals surface area contributed by atoms with Crippen LogP contribution in [0.3, 0.4) is 0 Å². The first-order valence-electron chi connectivity index (χ1n) is 5.53. The van der Waals surface area contributed by atoms with Crippen molar-refractivity contribution in [3.05, 3.63) is 27.3 Å². The second-order valence-electron chi connectivity index (χ2n) is 4.35. The molecule has 1 heterocycles. The average Bonchev–Trinajstić information content (AvgIpc) is 2.70. The van der Waals surface area contributed by atoms with Crippen LogP contribution in [0.1, 0.15) is 6.42 Å². The highest BCUT2D eigenvalue weighted by molar-refractivity contribution is 9.09. The Kier molecular flexibility index (Phi) is 3.96. The number of carbonyl (C=O) groups is 1. The van der Waals surface area contributed by atoms with E-state index in [9.17, 15) is 14.9 Å². The third-order valence-electron chi connectivity index (χ3n) is 3.01. The third kappa shape index (κ3) is 2.66. The Morgan fingerprint density at radius 2 is 2.26 bits per heavy atom. The van der Waals surface area contributed by atoms with Gasteiger partial charge in [0.15, 0.2) is 0 Å². The largest absolute Gasteiger partial charge is 0.397 e. The van der Waals surface area contributed by atoms with Gasteiger partial charge in [0.1, 0.15) is 5.02 Å². The van der Waals surface area contributed by atoms with E-state index in [4.69, 9.17) is 17.3 Å². The molecule has 2 rings (SSSR count). The summed E-state index contributed by atoms with van der Waals surface area (Å²) in [6.07, 6.45) is 0.404. The molecule has 0 saturated carbocycles. The molecule has 1 aromatic rings. The van der Waals surface area contributed by atoms with Crippen LogP contribution in [0.5, 0.6) is 0 Å². The van der Waals surface area contributed by atoms with Gasteiger partial charge in [-0.3, -0.25) is 14.9 Å². The summed E-state index contributed by atoms with van der Waals surface area (Å²) in [7, 11) is 0. The van der Waals surface area contributed by atoms with Crippen LogP contribution in [-0.2, 0) is 4.79 Å². The van der Waals surface area contributed by atoms with Crippen molar-refractivity contribution < 1.29 is 9.72 Å². The molecule has 0 spiro atoms. The molecule has 1 unspecified atom stereocenters. The van der Waals surface area contributed by atoms with Crippen molar-refractivity contribution in [2.24, 2.45) is 5.92 Å². The van der Waals surface area contributed by atoms with Gasteiger partial charge in [0.25, 0.3) is 5.69 Å². The fraction of sp³-hybridized carbons (Fsp3) is 0.364. The van der Waals surface area contributed by atoms with Crippen LogP contribution in [0.25, 0.3) is 0 Å². The van der Waals surface area contributed by atoms with E-state index >= 15 is 0 Å². The summed E-state index contributed by atoms with van der Waals surface area (Å²) >= 11 is 9.09. The molecule has 2 N–H and O–H groups in total. The number of amides is 1. The van der Waals surface area contributed by atoms with E-state index in [2.05, 4.69) is 15.9 Å². The highest BCUT2D eigenvalue weighted by atomic mass is 79.9. The monoisotopic (exact) mass is 347 g/mol. The van der Waals surface area contributed by atoms with Gasteiger partial charge in [-0.05, 0) is 12.0 Å². The van der Waals surface area contributed by atoms with Crippen molar-refractivity contribution in [3.8, 4) is 0 Å². The molecule has 102 valence electrons. The van der Waals surface area contributed by atoms with Gasteiger partial charge in [-0.2, -0.15) is 0 Å². The minimum Gasteiger partial charge on any atom is -0.397 e. The van der Waals surface area contributed by atoms with Gasteiger partial charge in [0.05, 0.1) is 16.3 Å². The zero-order valence-electron chi connectivity index (χ0n) is 9.81. The van der Waals surface area contributed by atoms with Gasteiger partial charge in [-0.1, -0.05) is 27.5 Å². The number of carbonyl (C=O) groups excluding carboxylic acids is 1. The lowest BCUT2D eigenvalue weighted by atomic mass is 10.2. The molecule has 0 aromatic heterocycles. The number of nitro benzene ring substituents is 1.